The van der Waals surface area contributed by atoms with Crippen LogP contribution in [0.4, 0.5) is 24.7 Å². The average Bonchev–Trinajstić information content (AvgIpc) is 2.56. The first-order valence-corrected chi connectivity index (χ1v) is 8.07. The van der Waals surface area contributed by atoms with Crippen molar-refractivity contribution in [1.82, 2.24) is 10.3 Å². The molecule has 1 aromatic heterocycles. The van der Waals surface area contributed by atoms with E-state index in [9.17, 15) is 18.0 Å². The SMILES string of the molecule is CCCCNC(=O)c1ccc(Nc2ccc(Cl)cc2C(F)(F)F)nc1. The van der Waals surface area contributed by atoms with Crippen molar-refractivity contribution in [3.8, 4) is 0 Å². The van der Waals surface area contributed by atoms with Crippen molar-refractivity contribution in [1.29, 1.82) is 0 Å². The quantitative estimate of drug-likeness (QED) is 0.700. The lowest BCUT2D eigenvalue weighted by Gasteiger charge is -2.14. The Kier molecular flexibility index (Phi) is 6.25. The third-order valence-corrected chi connectivity index (χ3v) is 3.63. The lowest BCUT2D eigenvalue weighted by atomic mass is 10.1. The molecule has 0 saturated heterocycles. The van der Waals surface area contributed by atoms with Crippen LogP contribution in [0.15, 0.2) is 36.5 Å². The van der Waals surface area contributed by atoms with Crippen molar-refractivity contribution < 1.29 is 18.0 Å². The van der Waals surface area contributed by atoms with Crippen molar-refractivity contribution in [2.45, 2.75) is 25.9 Å². The van der Waals surface area contributed by atoms with Gasteiger partial charge in [-0.2, -0.15) is 13.2 Å². The predicted molar refractivity (Wildman–Crippen MR) is 91.2 cm³/mol. The number of nitrogens with zero attached hydrogens (tertiary/aromatic N) is 1. The molecule has 0 radical (unpaired) electrons. The van der Waals surface area contributed by atoms with Gasteiger partial charge in [0.1, 0.15) is 5.82 Å². The van der Waals surface area contributed by atoms with Crippen molar-refractivity contribution >= 4 is 29.0 Å². The molecule has 0 atom stereocenters. The number of aromatic nitrogens is 1. The third-order valence-electron chi connectivity index (χ3n) is 3.39. The zero-order valence-corrected chi connectivity index (χ0v) is 14.2. The molecule has 0 fully saturated rings. The maximum absolute atomic E-state index is 13.1. The molecule has 4 nitrogen and oxygen atoms in total. The van der Waals surface area contributed by atoms with Gasteiger partial charge in [0.25, 0.3) is 5.91 Å². The number of nitrogens with one attached hydrogen (secondary N) is 2. The van der Waals surface area contributed by atoms with Gasteiger partial charge >= 0.3 is 6.18 Å². The number of amides is 1. The minimum Gasteiger partial charge on any atom is -0.352 e. The fraction of sp³-hybridized carbons (Fsp3) is 0.294. The Balaban J connectivity index is 2.13. The number of hydrogen-bond acceptors (Lipinski definition) is 3. The van der Waals surface area contributed by atoms with Gasteiger partial charge in [0.2, 0.25) is 0 Å². The van der Waals surface area contributed by atoms with E-state index in [1.54, 1.807) is 0 Å². The van der Waals surface area contributed by atoms with Crippen molar-refractivity contribution in [3.63, 3.8) is 0 Å². The van der Waals surface area contributed by atoms with Gasteiger partial charge in [-0.05, 0) is 36.8 Å². The third kappa shape index (κ3) is 5.35. The van der Waals surface area contributed by atoms with Crippen molar-refractivity contribution in [2.24, 2.45) is 0 Å². The minimum atomic E-state index is -4.55. The van der Waals surface area contributed by atoms with Crippen molar-refractivity contribution in [3.05, 3.63) is 52.7 Å². The van der Waals surface area contributed by atoms with Crippen LogP contribution >= 0.6 is 11.6 Å². The molecule has 0 aliphatic heterocycles. The summed E-state index contributed by atoms with van der Waals surface area (Å²) in [6.07, 6.45) is -1.40. The fourth-order valence-electron chi connectivity index (χ4n) is 2.08. The largest absolute Gasteiger partial charge is 0.418 e. The number of pyridine rings is 1. The Morgan fingerprint density at radius 3 is 2.60 bits per heavy atom. The molecule has 0 bridgehead atoms. The van der Waals surface area contributed by atoms with Crippen LogP contribution in [0.25, 0.3) is 0 Å². The molecule has 8 heteroatoms. The Hall–Kier alpha value is -2.28. The van der Waals surface area contributed by atoms with Gasteiger partial charge in [0.15, 0.2) is 0 Å². The smallest absolute Gasteiger partial charge is 0.352 e. The molecule has 1 aromatic carbocycles. The molecule has 0 spiro atoms. The van der Waals surface area contributed by atoms with Gasteiger partial charge < -0.3 is 10.6 Å². The summed E-state index contributed by atoms with van der Waals surface area (Å²) in [4.78, 5) is 15.9. The van der Waals surface area contributed by atoms with Crippen LogP contribution in [0, 0.1) is 0 Å². The summed E-state index contributed by atoms with van der Waals surface area (Å²) in [7, 11) is 0. The number of unbranched alkanes of at least 4 members (excludes halogenated alkanes) is 1. The van der Waals surface area contributed by atoms with Gasteiger partial charge in [0.05, 0.1) is 16.8 Å². The molecule has 2 aromatic rings. The van der Waals surface area contributed by atoms with E-state index >= 15 is 0 Å². The van der Waals surface area contributed by atoms with Crippen LogP contribution in [0.3, 0.4) is 0 Å². The topological polar surface area (TPSA) is 54.0 Å². The van der Waals surface area contributed by atoms with Gasteiger partial charge in [-0.1, -0.05) is 24.9 Å². The van der Waals surface area contributed by atoms with Crippen LogP contribution in [0.1, 0.15) is 35.7 Å². The second-order valence-corrected chi connectivity index (χ2v) is 5.79. The fourth-order valence-corrected chi connectivity index (χ4v) is 2.25. The summed E-state index contributed by atoms with van der Waals surface area (Å²) >= 11 is 5.65. The number of hydrogen-bond donors (Lipinski definition) is 2. The minimum absolute atomic E-state index is 0.00932. The van der Waals surface area contributed by atoms with Gasteiger partial charge in [0, 0.05) is 17.8 Å². The summed E-state index contributed by atoms with van der Waals surface area (Å²) in [5.74, 6) is -0.0760. The lowest BCUT2D eigenvalue weighted by Crippen LogP contribution is -2.24. The molecule has 0 aliphatic rings. The van der Waals surface area contributed by atoms with Crippen LogP contribution < -0.4 is 10.6 Å². The van der Waals surface area contributed by atoms with Gasteiger partial charge in [-0.3, -0.25) is 4.79 Å². The molecule has 0 aliphatic carbocycles. The number of halogens is 4. The standard InChI is InChI=1S/C17H17ClF3N3O/c1-2-3-8-22-16(25)11-4-7-15(23-10-11)24-14-6-5-12(18)9-13(14)17(19,20)21/h4-7,9-10H,2-3,8H2,1H3,(H,22,25)(H,23,24). The van der Waals surface area contributed by atoms with E-state index in [2.05, 4.69) is 15.6 Å². The highest BCUT2D eigenvalue weighted by Gasteiger charge is 2.33. The van der Waals surface area contributed by atoms with E-state index in [4.69, 9.17) is 11.6 Å². The van der Waals surface area contributed by atoms with E-state index in [-0.39, 0.29) is 22.4 Å². The van der Waals surface area contributed by atoms with Crippen LogP contribution in [0.2, 0.25) is 5.02 Å². The van der Waals surface area contributed by atoms with E-state index in [0.29, 0.717) is 12.1 Å². The lowest BCUT2D eigenvalue weighted by molar-refractivity contribution is -0.136. The summed E-state index contributed by atoms with van der Waals surface area (Å²) in [6, 6.07) is 6.38. The van der Waals surface area contributed by atoms with Crippen molar-refractivity contribution in [2.75, 3.05) is 11.9 Å². The molecule has 134 valence electrons. The maximum Gasteiger partial charge on any atom is 0.418 e. The molecule has 25 heavy (non-hydrogen) atoms. The summed E-state index contributed by atoms with van der Waals surface area (Å²) in [5.41, 5.74) is -0.707. The first-order valence-electron chi connectivity index (χ1n) is 7.69. The zero-order chi connectivity index (χ0) is 18.4. The average molecular weight is 372 g/mol. The monoisotopic (exact) mass is 371 g/mol. The zero-order valence-electron chi connectivity index (χ0n) is 13.5. The highest BCUT2D eigenvalue weighted by molar-refractivity contribution is 6.30. The van der Waals surface area contributed by atoms with Crippen LogP contribution in [0.5, 0.6) is 0 Å². The normalized spacial score (nSPS) is 11.2. The van der Waals surface area contributed by atoms with Crippen LogP contribution in [-0.2, 0) is 6.18 Å². The van der Waals surface area contributed by atoms with Crippen LogP contribution in [-0.4, -0.2) is 17.4 Å². The molecule has 2 rings (SSSR count). The number of rotatable bonds is 6. The van der Waals surface area contributed by atoms with E-state index in [1.165, 1.54) is 30.5 Å². The number of alkyl halides is 3. The predicted octanol–water partition coefficient (Wildman–Crippen LogP) is 5.03. The highest BCUT2D eigenvalue weighted by Crippen LogP contribution is 2.37. The Bertz CT molecular complexity index is 733. The highest BCUT2D eigenvalue weighted by atomic mass is 35.5. The molecular weight excluding hydrogens is 355 g/mol. The summed E-state index contributed by atoms with van der Waals surface area (Å²) < 4.78 is 39.2. The molecular formula is C17H17ClF3N3O. The van der Waals surface area contributed by atoms with Gasteiger partial charge in [-0.25, -0.2) is 4.98 Å². The Morgan fingerprint density at radius 2 is 2.00 bits per heavy atom. The first kappa shape index (κ1) is 19.1. The summed E-state index contributed by atoms with van der Waals surface area (Å²) in [5, 5.41) is 5.34. The Labute approximate surface area is 148 Å². The van der Waals surface area contributed by atoms with E-state index in [0.717, 1.165) is 18.9 Å². The number of benzene rings is 1. The summed E-state index contributed by atoms with van der Waals surface area (Å²) in [6.45, 7) is 2.58. The molecule has 1 amide bonds. The van der Waals surface area contributed by atoms with E-state index < -0.39 is 11.7 Å². The number of carbonyl (C=O) groups is 1. The maximum atomic E-state index is 13.1. The molecule has 1 heterocycles. The second-order valence-electron chi connectivity index (χ2n) is 5.35. The molecule has 0 unspecified atom stereocenters. The molecule has 0 saturated carbocycles. The molecule has 2 N–H and O–H groups in total. The Morgan fingerprint density at radius 1 is 1.24 bits per heavy atom. The van der Waals surface area contributed by atoms with E-state index in [1.807, 2.05) is 6.92 Å². The number of anilines is 2. The number of carbonyl (C=O) groups excluding carboxylic acids is 1. The second kappa shape index (κ2) is 8.20. The van der Waals surface area contributed by atoms with Gasteiger partial charge in [-0.15, -0.1) is 0 Å². The first-order chi connectivity index (χ1) is 11.8.